The number of carbonyl (C=O) groups is 2. The Labute approximate surface area is 252 Å². The Hall–Kier alpha value is -1.96. The number of rotatable bonds is 8. The van der Waals surface area contributed by atoms with Crippen molar-refractivity contribution in [3.63, 3.8) is 0 Å². The monoisotopic (exact) mass is 723 g/mol. The van der Waals surface area contributed by atoms with Gasteiger partial charge in [0.05, 0.1) is 21.6 Å². The van der Waals surface area contributed by atoms with Gasteiger partial charge < -0.3 is 8.92 Å². The van der Waals surface area contributed by atoms with E-state index in [0.29, 0.717) is 29.8 Å². The molecular formula is C25H17Cl3INO6S2. The number of hydrogen-bond donors (Lipinski definition) is 0. The molecule has 3 aromatic carbocycles. The maximum Gasteiger partial charge on any atom is 0.339 e. The van der Waals surface area contributed by atoms with Crippen molar-refractivity contribution < 1.29 is 26.9 Å². The Morgan fingerprint density at radius 2 is 1.68 bits per heavy atom. The number of ether oxygens (including phenoxy) is 1. The first-order chi connectivity index (χ1) is 18.0. The molecule has 7 nitrogen and oxygen atoms in total. The van der Waals surface area contributed by atoms with E-state index >= 15 is 0 Å². The average molecular weight is 725 g/mol. The van der Waals surface area contributed by atoms with Gasteiger partial charge in [-0.3, -0.25) is 14.5 Å². The lowest BCUT2D eigenvalue weighted by Crippen LogP contribution is -2.27. The normalized spacial score (nSPS) is 14.9. The standard InChI is InChI=1S/C25H17Cl3INO6S2/c1-2-35-21-10-14(9-20(29)23(21)36-38(33,34)18-7-5-16(26)6-8-18)11-22-24(31)30(25(32)37-22)13-15-3-4-17(27)12-19(15)28/h3-12H,2,13H2,1H3/b22-11-. The molecule has 1 heterocycles. The maximum absolute atomic E-state index is 13.0. The van der Waals surface area contributed by atoms with E-state index < -0.39 is 21.3 Å². The highest BCUT2D eigenvalue weighted by atomic mass is 127. The summed E-state index contributed by atoms with van der Waals surface area (Å²) in [6.45, 7) is 1.97. The SMILES string of the molecule is CCOc1cc(/C=C2\SC(=O)N(Cc3ccc(Cl)cc3Cl)C2=O)cc(I)c1OS(=O)(=O)c1ccc(Cl)cc1. The minimum atomic E-state index is -4.18. The molecule has 1 aliphatic rings. The van der Waals surface area contributed by atoms with Gasteiger partial charge in [0, 0.05) is 15.1 Å². The highest BCUT2D eigenvalue weighted by Gasteiger charge is 2.35. The molecule has 1 fully saturated rings. The van der Waals surface area contributed by atoms with Gasteiger partial charge in [0.2, 0.25) is 0 Å². The van der Waals surface area contributed by atoms with Crippen molar-refractivity contribution in [1.29, 1.82) is 0 Å². The van der Waals surface area contributed by atoms with Gasteiger partial charge in [-0.15, -0.1) is 0 Å². The Morgan fingerprint density at radius 1 is 1.00 bits per heavy atom. The van der Waals surface area contributed by atoms with Crippen LogP contribution in [0.5, 0.6) is 11.5 Å². The third kappa shape index (κ3) is 6.60. The lowest BCUT2D eigenvalue weighted by atomic mass is 10.1. The fourth-order valence-corrected chi connectivity index (χ4v) is 6.66. The zero-order valence-corrected chi connectivity index (χ0v) is 25.5. The molecule has 1 aliphatic heterocycles. The lowest BCUT2D eigenvalue weighted by molar-refractivity contribution is -0.123. The smallest absolute Gasteiger partial charge is 0.339 e. The molecule has 0 saturated carbocycles. The Balaban J connectivity index is 1.62. The van der Waals surface area contributed by atoms with Crippen LogP contribution in [0.25, 0.3) is 6.08 Å². The van der Waals surface area contributed by atoms with Gasteiger partial charge in [-0.1, -0.05) is 40.9 Å². The summed E-state index contributed by atoms with van der Waals surface area (Å²) < 4.78 is 37.2. The van der Waals surface area contributed by atoms with E-state index in [4.69, 9.17) is 43.7 Å². The summed E-state index contributed by atoms with van der Waals surface area (Å²) in [4.78, 5) is 26.9. The zero-order valence-electron chi connectivity index (χ0n) is 19.4. The zero-order chi connectivity index (χ0) is 27.6. The largest absolute Gasteiger partial charge is 0.490 e. The van der Waals surface area contributed by atoms with Gasteiger partial charge in [0.25, 0.3) is 11.1 Å². The molecule has 3 aromatic rings. The molecular weight excluding hydrogens is 708 g/mol. The molecule has 0 N–H and O–H groups in total. The number of nitrogens with zero attached hydrogens (tertiary/aromatic N) is 1. The van der Waals surface area contributed by atoms with Crippen molar-refractivity contribution >= 4 is 96.5 Å². The van der Waals surface area contributed by atoms with Gasteiger partial charge in [0.15, 0.2) is 11.5 Å². The van der Waals surface area contributed by atoms with Crippen LogP contribution in [0.3, 0.4) is 0 Å². The molecule has 0 unspecified atom stereocenters. The van der Waals surface area contributed by atoms with E-state index in [2.05, 4.69) is 0 Å². The predicted octanol–water partition coefficient (Wildman–Crippen LogP) is 7.65. The van der Waals surface area contributed by atoms with Gasteiger partial charge in [-0.2, -0.15) is 8.42 Å². The van der Waals surface area contributed by atoms with E-state index in [1.807, 2.05) is 22.6 Å². The predicted molar refractivity (Wildman–Crippen MR) is 158 cm³/mol. The number of carbonyl (C=O) groups excluding carboxylic acids is 2. The van der Waals surface area contributed by atoms with Gasteiger partial charge >= 0.3 is 10.1 Å². The third-order valence-corrected chi connectivity index (χ3v) is 8.93. The van der Waals surface area contributed by atoms with E-state index in [-0.39, 0.29) is 34.5 Å². The third-order valence-electron chi connectivity index (χ3n) is 5.14. The van der Waals surface area contributed by atoms with Crippen molar-refractivity contribution in [2.45, 2.75) is 18.4 Å². The maximum atomic E-state index is 13.0. The summed E-state index contributed by atoms with van der Waals surface area (Å²) in [6, 6.07) is 13.6. The molecule has 2 amide bonds. The van der Waals surface area contributed by atoms with E-state index in [1.165, 1.54) is 30.3 Å². The molecule has 0 aromatic heterocycles. The highest BCUT2D eigenvalue weighted by molar-refractivity contribution is 14.1. The number of thioether (sulfide) groups is 1. The molecule has 38 heavy (non-hydrogen) atoms. The fourth-order valence-electron chi connectivity index (χ4n) is 3.38. The summed E-state index contributed by atoms with van der Waals surface area (Å²) >= 11 is 20.7. The molecule has 13 heteroatoms. The molecule has 198 valence electrons. The Kier molecular flexibility index (Phi) is 9.21. The summed E-state index contributed by atoms with van der Waals surface area (Å²) in [7, 11) is -4.18. The number of halogens is 4. The average Bonchev–Trinajstić information content (AvgIpc) is 3.10. The van der Waals surface area contributed by atoms with E-state index in [9.17, 15) is 18.0 Å². The number of amides is 2. The van der Waals surface area contributed by atoms with Crippen LogP contribution >= 0.6 is 69.2 Å². The van der Waals surface area contributed by atoms with Crippen LogP contribution in [0.4, 0.5) is 4.79 Å². The quantitative estimate of drug-likeness (QED) is 0.134. The molecule has 1 saturated heterocycles. The van der Waals surface area contributed by atoms with Crippen LogP contribution in [-0.2, 0) is 21.5 Å². The molecule has 0 atom stereocenters. The minimum Gasteiger partial charge on any atom is -0.490 e. The highest BCUT2D eigenvalue weighted by Crippen LogP contribution is 2.39. The van der Waals surface area contributed by atoms with Crippen LogP contribution in [0.15, 0.2) is 64.4 Å². The molecule has 0 radical (unpaired) electrons. The fraction of sp³-hybridized carbons (Fsp3) is 0.120. The molecule has 0 spiro atoms. The Morgan fingerprint density at radius 3 is 2.34 bits per heavy atom. The van der Waals surface area contributed by atoms with Crippen LogP contribution in [-0.4, -0.2) is 31.1 Å². The van der Waals surface area contributed by atoms with Gasteiger partial charge in [-0.05, 0) is 107 Å². The second-order valence-electron chi connectivity index (χ2n) is 7.76. The topological polar surface area (TPSA) is 90.0 Å². The summed E-state index contributed by atoms with van der Waals surface area (Å²) in [5.41, 5.74) is 1.10. The summed E-state index contributed by atoms with van der Waals surface area (Å²) in [5, 5.41) is 0.737. The molecule has 0 aliphatic carbocycles. The summed E-state index contributed by atoms with van der Waals surface area (Å²) in [6.07, 6.45) is 1.54. The second kappa shape index (κ2) is 12.1. The minimum absolute atomic E-state index is 0.00466. The van der Waals surface area contributed by atoms with Crippen LogP contribution < -0.4 is 8.92 Å². The lowest BCUT2D eigenvalue weighted by Gasteiger charge is -2.15. The number of imide groups is 1. The first-order valence-corrected chi connectivity index (χ1v) is 15.3. The van der Waals surface area contributed by atoms with Crippen LogP contribution in [0, 0.1) is 3.57 Å². The van der Waals surface area contributed by atoms with Crippen molar-refractivity contribution in [2.24, 2.45) is 0 Å². The number of hydrogen-bond acceptors (Lipinski definition) is 7. The van der Waals surface area contributed by atoms with Crippen molar-refractivity contribution in [3.05, 3.63) is 89.3 Å². The Bertz CT molecular complexity index is 1560. The molecule has 0 bridgehead atoms. The van der Waals surface area contributed by atoms with E-state index in [1.54, 1.807) is 37.3 Å². The second-order valence-corrected chi connectivity index (χ2v) is 12.7. The van der Waals surface area contributed by atoms with E-state index in [0.717, 1.165) is 16.7 Å². The van der Waals surface area contributed by atoms with Gasteiger partial charge in [0.1, 0.15) is 4.90 Å². The molecule has 4 rings (SSSR count). The van der Waals surface area contributed by atoms with Crippen molar-refractivity contribution in [2.75, 3.05) is 6.61 Å². The first kappa shape index (κ1) is 29.0. The van der Waals surface area contributed by atoms with Crippen molar-refractivity contribution in [3.8, 4) is 11.5 Å². The van der Waals surface area contributed by atoms with Gasteiger partial charge in [-0.25, -0.2) is 0 Å². The van der Waals surface area contributed by atoms with Crippen molar-refractivity contribution in [1.82, 2.24) is 4.90 Å². The van der Waals surface area contributed by atoms with Crippen LogP contribution in [0.1, 0.15) is 18.1 Å². The first-order valence-electron chi connectivity index (χ1n) is 10.8. The van der Waals surface area contributed by atoms with Crippen LogP contribution in [0.2, 0.25) is 15.1 Å². The number of benzene rings is 3. The summed E-state index contributed by atoms with van der Waals surface area (Å²) in [5.74, 6) is -0.315.